The summed E-state index contributed by atoms with van der Waals surface area (Å²) in [4.78, 5) is 17.0. The van der Waals surface area contributed by atoms with Gasteiger partial charge >= 0.3 is 0 Å². The number of aromatic nitrogens is 2. The Kier molecular flexibility index (Phi) is 8.17. The SMILES string of the molecule is COc1ccc(OCCn2c(CCCCCNC(=O)c3ccccc3)nc3ccccc32)cc1. The summed E-state index contributed by atoms with van der Waals surface area (Å²) in [5.41, 5.74) is 2.84. The Morgan fingerprint density at radius 1 is 0.882 bits per heavy atom. The largest absolute Gasteiger partial charge is 0.497 e. The van der Waals surface area contributed by atoms with Gasteiger partial charge in [0.15, 0.2) is 0 Å². The number of rotatable bonds is 12. The van der Waals surface area contributed by atoms with Gasteiger partial charge in [-0.15, -0.1) is 0 Å². The third-order valence-corrected chi connectivity index (χ3v) is 5.78. The first-order chi connectivity index (χ1) is 16.7. The van der Waals surface area contributed by atoms with Crippen LogP contribution in [0.2, 0.25) is 0 Å². The number of amides is 1. The van der Waals surface area contributed by atoms with Gasteiger partial charge in [-0.05, 0) is 61.4 Å². The lowest BCUT2D eigenvalue weighted by Crippen LogP contribution is -2.24. The van der Waals surface area contributed by atoms with Crippen molar-refractivity contribution in [3.05, 3.63) is 90.3 Å². The summed E-state index contributed by atoms with van der Waals surface area (Å²) in [6.45, 7) is 1.97. The third-order valence-electron chi connectivity index (χ3n) is 5.78. The topological polar surface area (TPSA) is 65.4 Å². The Bertz CT molecular complexity index is 1190. The van der Waals surface area contributed by atoms with Gasteiger partial charge in [0.05, 0.1) is 24.7 Å². The Hall–Kier alpha value is -3.80. The summed E-state index contributed by atoms with van der Waals surface area (Å²) in [7, 11) is 1.66. The van der Waals surface area contributed by atoms with Crippen LogP contribution in [0.4, 0.5) is 0 Å². The number of nitrogens with one attached hydrogen (secondary N) is 1. The first kappa shape index (κ1) is 23.4. The lowest BCUT2D eigenvalue weighted by Gasteiger charge is -2.11. The maximum Gasteiger partial charge on any atom is 0.251 e. The van der Waals surface area contributed by atoms with Crippen LogP contribution in [-0.2, 0) is 13.0 Å². The van der Waals surface area contributed by atoms with Crippen molar-refractivity contribution in [2.75, 3.05) is 20.3 Å². The number of nitrogens with zero attached hydrogens (tertiary/aromatic N) is 2. The molecule has 1 heterocycles. The van der Waals surface area contributed by atoms with Gasteiger partial charge < -0.3 is 19.4 Å². The predicted molar refractivity (Wildman–Crippen MR) is 135 cm³/mol. The number of hydrogen-bond donors (Lipinski definition) is 1. The van der Waals surface area contributed by atoms with Crippen LogP contribution in [0.1, 0.15) is 35.4 Å². The molecule has 0 saturated carbocycles. The molecule has 1 amide bonds. The van der Waals surface area contributed by atoms with Crippen LogP contribution in [0.3, 0.4) is 0 Å². The minimum Gasteiger partial charge on any atom is -0.497 e. The fourth-order valence-electron chi connectivity index (χ4n) is 3.97. The molecule has 0 fully saturated rings. The fraction of sp³-hybridized carbons (Fsp3) is 0.286. The van der Waals surface area contributed by atoms with Crippen molar-refractivity contribution in [2.45, 2.75) is 32.2 Å². The molecular formula is C28H31N3O3. The minimum atomic E-state index is -0.0146. The van der Waals surface area contributed by atoms with Crippen molar-refractivity contribution in [3.63, 3.8) is 0 Å². The van der Waals surface area contributed by atoms with E-state index in [9.17, 15) is 4.79 Å². The summed E-state index contributed by atoms with van der Waals surface area (Å²) in [6, 6.07) is 25.2. The normalized spacial score (nSPS) is 10.9. The predicted octanol–water partition coefficient (Wildman–Crippen LogP) is 5.27. The Labute approximate surface area is 200 Å². The van der Waals surface area contributed by atoms with E-state index in [1.165, 1.54) is 0 Å². The first-order valence-corrected chi connectivity index (χ1v) is 11.8. The van der Waals surface area contributed by atoms with Crippen LogP contribution in [0, 0.1) is 0 Å². The molecule has 4 aromatic rings. The summed E-state index contributed by atoms with van der Waals surface area (Å²) in [6.07, 6.45) is 3.88. The Balaban J connectivity index is 1.27. The zero-order chi connectivity index (χ0) is 23.6. The van der Waals surface area contributed by atoms with Gasteiger partial charge in [0, 0.05) is 18.5 Å². The van der Waals surface area contributed by atoms with Gasteiger partial charge in [-0.1, -0.05) is 36.8 Å². The second-order valence-electron chi connectivity index (χ2n) is 8.12. The summed E-state index contributed by atoms with van der Waals surface area (Å²) < 4.78 is 13.4. The van der Waals surface area contributed by atoms with E-state index in [1.54, 1.807) is 7.11 Å². The van der Waals surface area contributed by atoms with Gasteiger partial charge in [-0.3, -0.25) is 4.79 Å². The molecule has 0 radical (unpaired) electrons. The Morgan fingerprint density at radius 2 is 1.62 bits per heavy atom. The molecule has 0 spiro atoms. The second-order valence-corrected chi connectivity index (χ2v) is 8.12. The second kappa shape index (κ2) is 11.9. The van der Waals surface area contributed by atoms with Gasteiger partial charge in [0.1, 0.15) is 23.9 Å². The number of hydrogen-bond acceptors (Lipinski definition) is 4. The minimum absolute atomic E-state index is 0.0146. The quantitative estimate of drug-likeness (QED) is 0.295. The molecule has 1 aromatic heterocycles. The van der Waals surface area contributed by atoms with E-state index in [2.05, 4.69) is 22.0 Å². The molecule has 0 unspecified atom stereocenters. The van der Waals surface area contributed by atoms with Crippen LogP contribution >= 0.6 is 0 Å². The number of aryl methyl sites for hydroxylation is 1. The van der Waals surface area contributed by atoms with E-state index in [4.69, 9.17) is 14.5 Å². The maximum atomic E-state index is 12.1. The molecule has 176 valence electrons. The number of carbonyl (C=O) groups excluding carboxylic acids is 1. The zero-order valence-corrected chi connectivity index (χ0v) is 19.6. The van der Waals surface area contributed by atoms with Crippen molar-refractivity contribution in [1.82, 2.24) is 14.9 Å². The fourth-order valence-corrected chi connectivity index (χ4v) is 3.97. The monoisotopic (exact) mass is 457 g/mol. The van der Waals surface area contributed by atoms with E-state index in [-0.39, 0.29) is 5.91 Å². The lowest BCUT2D eigenvalue weighted by molar-refractivity contribution is 0.0953. The van der Waals surface area contributed by atoms with Gasteiger partial charge in [-0.2, -0.15) is 0 Å². The van der Waals surface area contributed by atoms with Crippen molar-refractivity contribution < 1.29 is 14.3 Å². The molecular weight excluding hydrogens is 426 g/mol. The van der Waals surface area contributed by atoms with Gasteiger partial charge in [0.25, 0.3) is 5.91 Å². The van der Waals surface area contributed by atoms with E-state index < -0.39 is 0 Å². The maximum absolute atomic E-state index is 12.1. The molecule has 6 heteroatoms. The van der Waals surface area contributed by atoms with Crippen LogP contribution in [0.5, 0.6) is 11.5 Å². The third kappa shape index (κ3) is 6.16. The molecule has 1 N–H and O–H groups in total. The molecule has 3 aromatic carbocycles. The average molecular weight is 458 g/mol. The highest BCUT2D eigenvalue weighted by Crippen LogP contribution is 2.20. The average Bonchev–Trinajstić information content (AvgIpc) is 3.24. The smallest absolute Gasteiger partial charge is 0.251 e. The summed E-state index contributed by atoms with van der Waals surface area (Å²) in [5, 5.41) is 3.00. The highest BCUT2D eigenvalue weighted by atomic mass is 16.5. The highest BCUT2D eigenvalue weighted by molar-refractivity contribution is 5.94. The van der Waals surface area contributed by atoms with Crippen molar-refractivity contribution in [3.8, 4) is 11.5 Å². The van der Waals surface area contributed by atoms with E-state index in [0.717, 1.165) is 60.6 Å². The number of carbonyl (C=O) groups is 1. The van der Waals surface area contributed by atoms with E-state index >= 15 is 0 Å². The molecule has 0 aliphatic rings. The first-order valence-electron chi connectivity index (χ1n) is 11.8. The number of methoxy groups -OCH3 is 1. The number of benzene rings is 3. The van der Waals surface area contributed by atoms with Gasteiger partial charge in [-0.25, -0.2) is 4.98 Å². The van der Waals surface area contributed by atoms with Crippen LogP contribution in [0.25, 0.3) is 11.0 Å². The zero-order valence-electron chi connectivity index (χ0n) is 19.6. The summed E-state index contributed by atoms with van der Waals surface area (Å²) in [5.74, 6) is 2.70. The molecule has 0 saturated heterocycles. The molecule has 0 aliphatic heterocycles. The van der Waals surface area contributed by atoms with Crippen molar-refractivity contribution in [1.29, 1.82) is 0 Å². The number of ether oxygens (including phenoxy) is 2. The molecule has 4 rings (SSSR count). The van der Waals surface area contributed by atoms with E-state index in [0.29, 0.717) is 18.7 Å². The molecule has 34 heavy (non-hydrogen) atoms. The number of para-hydroxylation sites is 2. The van der Waals surface area contributed by atoms with Crippen molar-refractivity contribution >= 4 is 16.9 Å². The van der Waals surface area contributed by atoms with E-state index in [1.807, 2.05) is 66.7 Å². The number of fused-ring (bicyclic) bond motifs is 1. The van der Waals surface area contributed by atoms with Crippen LogP contribution < -0.4 is 14.8 Å². The lowest BCUT2D eigenvalue weighted by atomic mass is 10.1. The van der Waals surface area contributed by atoms with Gasteiger partial charge in [0.2, 0.25) is 0 Å². The van der Waals surface area contributed by atoms with Crippen molar-refractivity contribution in [2.24, 2.45) is 0 Å². The highest BCUT2D eigenvalue weighted by Gasteiger charge is 2.11. The Morgan fingerprint density at radius 3 is 2.41 bits per heavy atom. The van der Waals surface area contributed by atoms with Crippen LogP contribution in [0.15, 0.2) is 78.9 Å². The molecule has 6 nitrogen and oxygen atoms in total. The number of unbranched alkanes of at least 4 members (excludes halogenated alkanes) is 2. The molecule has 0 aliphatic carbocycles. The molecule has 0 atom stereocenters. The molecule has 0 bridgehead atoms. The number of imidazole rings is 1. The van der Waals surface area contributed by atoms with Crippen LogP contribution in [-0.4, -0.2) is 35.7 Å². The summed E-state index contributed by atoms with van der Waals surface area (Å²) >= 11 is 0. The standard InChI is InChI=1S/C28H31N3O3/c1-33-23-15-17-24(18-16-23)34-21-20-31-26-13-8-7-12-25(26)30-27(31)14-6-3-9-19-29-28(32)22-10-4-2-5-11-22/h2,4-5,7-8,10-13,15-18H,3,6,9,14,19-21H2,1H3,(H,29,32).